The van der Waals surface area contributed by atoms with E-state index in [2.05, 4.69) is 9.88 Å². The van der Waals surface area contributed by atoms with E-state index in [-0.39, 0.29) is 11.6 Å². The highest BCUT2D eigenvalue weighted by Gasteiger charge is 2.24. The molecule has 0 spiro atoms. The molecule has 1 aliphatic heterocycles. The van der Waals surface area contributed by atoms with E-state index in [9.17, 15) is 9.59 Å². The average molecular weight is 350 g/mol. The third-order valence-electron chi connectivity index (χ3n) is 4.76. The molecule has 0 N–H and O–H groups in total. The maximum Gasteiger partial charge on any atom is 0.348 e. The molecule has 0 bridgehead atoms. The van der Waals surface area contributed by atoms with E-state index in [1.807, 2.05) is 23.6 Å². The minimum absolute atomic E-state index is 0.169. The van der Waals surface area contributed by atoms with Crippen LogP contribution in [0.15, 0.2) is 9.82 Å². The third kappa shape index (κ3) is 3.83. The van der Waals surface area contributed by atoms with Crippen LogP contribution in [0.25, 0.3) is 0 Å². The van der Waals surface area contributed by atoms with E-state index in [0.717, 1.165) is 62.5 Å². The predicted molar refractivity (Wildman–Crippen MR) is 95.6 cm³/mol. The maximum absolute atomic E-state index is 12.4. The number of aromatic nitrogens is 2. The highest BCUT2D eigenvalue weighted by Crippen LogP contribution is 2.29. The average Bonchev–Trinajstić information content (AvgIpc) is 3.22. The first-order chi connectivity index (χ1) is 11.6. The molecule has 24 heavy (non-hydrogen) atoms. The number of rotatable bonds is 6. The Bertz CT molecular complexity index is 665. The fraction of sp³-hybridized carbons (Fsp3) is 0.706. The molecular weight excluding hydrogens is 324 g/mol. The van der Waals surface area contributed by atoms with E-state index in [1.54, 1.807) is 0 Å². The van der Waals surface area contributed by atoms with Crippen molar-refractivity contribution in [2.45, 2.75) is 43.7 Å². The van der Waals surface area contributed by atoms with Crippen LogP contribution in [0.5, 0.6) is 0 Å². The Morgan fingerprint density at radius 1 is 1.21 bits per heavy atom. The van der Waals surface area contributed by atoms with Crippen LogP contribution >= 0.6 is 11.8 Å². The SMILES string of the molecule is CN(C)CCn1c2c(c(SCC(=O)N3CCCC3)nc1=O)CCC2. The Morgan fingerprint density at radius 3 is 2.67 bits per heavy atom. The quantitative estimate of drug-likeness (QED) is 0.566. The second-order valence-electron chi connectivity index (χ2n) is 6.81. The van der Waals surface area contributed by atoms with Crippen LogP contribution in [0, 0.1) is 0 Å². The lowest BCUT2D eigenvalue weighted by Crippen LogP contribution is -2.32. The summed E-state index contributed by atoms with van der Waals surface area (Å²) in [6, 6.07) is 0. The van der Waals surface area contributed by atoms with Crippen molar-refractivity contribution < 1.29 is 4.79 Å². The normalized spacial score (nSPS) is 16.9. The van der Waals surface area contributed by atoms with Gasteiger partial charge in [-0.05, 0) is 46.2 Å². The summed E-state index contributed by atoms with van der Waals surface area (Å²) >= 11 is 1.44. The summed E-state index contributed by atoms with van der Waals surface area (Å²) in [6.45, 7) is 3.25. The number of likely N-dealkylation sites (N-methyl/N-ethyl adjacent to an activating group) is 1. The molecule has 0 unspecified atom stereocenters. The van der Waals surface area contributed by atoms with Gasteiger partial charge in [0.2, 0.25) is 5.91 Å². The smallest absolute Gasteiger partial charge is 0.342 e. The number of carbonyl (C=O) groups is 1. The van der Waals surface area contributed by atoms with Crippen molar-refractivity contribution in [3.63, 3.8) is 0 Å². The van der Waals surface area contributed by atoms with Crippen LogP contribution < -0.4 is 5.69 Å². The summed E-state index contributed by atoms with van der Waals surface area (Å²) in [4.78, 5) is 33.0. The fourth-order valence-corrected chi connectivity index (χ4v) is 4.40. The zero-order valence-corrected chi connectivity index (χ0v) is 15.4. The van der Waals surface area contributed by atoms with Crippen LogP contribution in [0.1, 0.15) is 30.5 Å². The van der Waals surface area contributed by atoms with Crippen LogP contribution in [-0.2, 0) is 24.2 Å². The number of hydrogen-bond acceptors (Lipinski definition) is 5. The van der Waals surface area contributed by atoms with Crippen molar-refractivity contribution in [3.8, 4) is 0 Å². The van der Waals surface area contributed by atoms with Crippen molar-refractivity contribution in [2.75, 3.05) is 39.5 Å². The first kappa shape index (κ1) is 17.5. The van der Waals surface area contributed by atoms with Crippen molar-refractivity contribution >= 4 is 17.7 Å². The molecule has 1 saturated heterocycles. The van der Waals surface area contributed by atoms with Gasteiger partial charge in [-0.15, -0.1) is 0 Å². The number of carbonyl (C=O) groups excluding carboxylic acids is 1. The fourth-order valence-electron chi connectivity index (χ4n) is 3.42. The minimum Gasteiger partial charge on any atom is -0.342 e. The van der Waals surface area contributed by atoms with Gasteiger partial charge in [-0.3, -0.25) is 9.36 Å². The minimum atomic E-state index is -0.173. The first-order valence-corrected chi connectivity index (χ1v) is 9.72. The number of amides is 1. The largest absolute Gasteiger partial charge is 0.348 e. The molecule has 1 fully saturated rings. The van der Waals surface area contributed by atoms with Crippen LogP contribution in [0.3, 0.4) is 0 Å². The summed E-state index contributed by atoms with van der Waals surface area (Å²) in [5.41, 5.74) is 2.15. The molecule has 0 atom stereocenters. The molecule has 0 aromatic carbocycles. The summed E-state index contributed by atoms with van der Waals surface area (Å²) < 4.78 is 1.83. The molecule has 6 nitrogen and oxygen atoms in total. The topological polar surface area (TPSA) is 58.4 Å². The van der Waals surface area contributed by atoms with Crippen molar-refractivity contribution in [2.24, 2.45) is 0 Å². The van der Waals surface area contributed by atoms with Crippen molar-refractivity contribution in [1.82, 2.24) is 19.4 Å². The lowest BCUT2D eigenvalue weighted by molar-refractivity contribution is -0.127. The zero-order chi connectivity index (χ0) is 17.1. The number of thioether (sulfide) groups is 1. The van der Waals surface area contributed by atoms with E-state index in [4.69, 9.17) is 0 Å². The zero-order valence-electron chi connectivity index (χ0n) is 14.6. The van der Waals surface area contributed by atoms with Gasteiger partial charge in [-0.1, -0.05) is 11.8 Å². The summed E-state index contributed by atoms with van der Waals surface area (Å²) in [5, 5.41) is 0.779. The van der Waals surface area contributed by atoms with Gasteiger partial charge >= 0.3 is 5.69 Å². The molecule has 1 amide bonds. The van der Waals surface area contributed by atoms with Crippen molar-refractivity contribution in [3.05, 3.63) is 21.7 Å². The number of likely N-dealkylation sites (tertiary alicyclic amines) is 1. The maximum atomic E-state index is 12.4. The number of nitrogens with zero attached hydrogens (tertiary/aromatic N) is 4. The van der Waals surface area contributed by atoms with Gasteiger partial charge in [0.25, 0.3) is 0 Å². The molecule has 3 rings (SSSR count). The number of fused-ring (bicyclic) bond motifs is 1. The molecule has 1 aromatic heterocycles. The molecule has 0 saturated carbocycles. The standard InChI is InChI=1S/C17H26N4O2S/c1-19(2)10-11-21-14-7-5-6-13(14)16(18-17(21)23)24-12-15(22)20-8-3-4-9-20/h3-12H2,1-2H3. The lowest BCUT2D eigenvalue weighted by atomic mass is 10.2. The Kier molecular flexibility index (Phi) is 5.61. The lowest BCUT2D eigenvalue weighted by Gasteiger charge is -2.17. The highest BCUT2D eigenvalue weighted by atomic mass is 32.2. The molecule has 2 heterocycles. The molecule has 7 heteroatoms. The first-order valence-electron chi connectivity index (χ1n) is 8.74. The molecule has 0 radical (unpaired) electrons. The highest BCUT2D eigenvalue weighted by molar-refractivity contribution is 7.99. The third-order valence-corrected chi connectivity index (χ3v) is 5.77. The summed E-state index contributed by atoms with van der Waals surface area (Å²) in [6.07, 6.45) is 5.17. The predicted octanol–water partition coefficient (Wildman–Crippen LogP) is 1.01. The van der Waals surface area contributed by atoms with Crippen LogP contribution in [0.4, 0.5) is 0 Å². The Hall–Kier alpha value is -1.34. The van der Waals surface area contributed by atoms with Gasteiger partial charge in [0.1, 0.15) is 5.03 Å². The second kappa shape index (κ2) is 7.70. The van der Waals surface area contributed by atoms with E-state index < -0.39 is 0 Å². The summed E-state index contributed by atoms with van der Waals surface area (Å²) in [7, 11) is 4.01. The summed E-state index contributed by atoms with van der Waals surface area (Å²) in [5.74, 6) is 0.559. The Morgan fingerprint density at radius 2 is 1.96 bits per heavy atom. The molecule has 132 valence electrons. The van der Waals surface area contributed by atoms with E-state index >= 15 is 0 Å². The second-order valence-corrected chi connectivity index (χ2v) is 7.77. The van der Waals surface area contributed by atoms with Gasteiger partial charge in [0.15, 0.2) is 0 Å². The molecule has 1 aliphatic carbocycles. The van der Waals surface area contributed by atoms with E-state index in [0.29, 0.717) is 12.3 Å². The molecule has 1 aromatic rings. The van der Waals surface area contributed by atoms with Gasteiger partial charge in [-0.2, -0.15) is 4.98 Å². The number of hydrogen-bond donors (Lipinski definition) is 0. The Labute approximate surface area is 147 Å². The molecule has 2 aliphatic rings. The molecular formula is C17H26N4O2S. The van der Waals surface area contributed by atoms with Crippen LogP contribution in [0.2, 0.25) is 0 Å². The van der Waals surface area contributed by atoms with Gasteiger partial charge in [-0.25, -0.2) is 4.79 Å². The van der Waals surface area contributed by atoms with Crippen LogP contribution in [-0.4, -0.2) is 64.7 Å². The van der Waals surface area contributed by atoms with Gasteiger partial charge in [0.05, 0.1) is 5.75 Å². The van der Waals surface area contributed by atoms with E-state index in [1.165, 1.54) is 17.3 Å². The Balaban J connectivity index is 1.74. The monoisotopic (exact) mass is 350 g/mol. The van der Waals surface area contributed by atoms with Gasteiger partial charge in [0, 0.05) is 37.4 Å². The van der Waals surface area contributed by atoms with Crippen molar-refractivity contribution in [1.29, 1.82) is 0 Å². The van der Waals surface area contributed by atoms with Gasteiger partial charge < -0.3 is 9.80 Å².